The molecule has 140 valence electrons. The highest BCUT2D eigenvalue weighted by molar-refractivity contribution is 5.76. The molecule has 0 radical (unpaired) electrons. The molecule has 8 nitrogen and oxygen atoms in total. The number of benzene rings is 1. The maximum Gasteiger partial charge on any atom is 0.220 e. The number of nitrogens with one attached hydrogen (secondary N) is 1. The first-order valence-electron chi connectivity index (χ1n) is 9.41. The van der Waals surface area contributed by atoms with E-state index < -0.39 is 0 Å². The number of carbonyl (C=O) groups excluding carboxylic acids is 1. The Balaban J connectivity index is 1.39. The third-order valence-electron chi connectivity index (χ3n) is 6.09. The third kappa shape index (κ3) is 2.55. The van der Waals surface area contributed by atoms with Gasteiger partial charge in [0.25, 0.3) is 0 Å². The number of aromatic nitrogens is 4. The summed E-state index contributed by atoms with van der Waals surface area (Å²) in [5.41, 5.74) is 4.70. The summed E-state index contributed by atoms with van der Waals surface area (Å²) in [7, 11) is 0. The van der Waals surface area contributed by atoms with Gasteiger partial charge in [-0.3, -0.25) is 9.69 Å². The summed E-state index contributed by atoms with van der Waals surface area (Å²) >= 11 is 0. The smallest absolute Gasteiger partial charge is 0.220 e. The molecule has 1 saturated heterocycles. The number of amides is 1. The fourth-order valence-electron chi connectivity index (χ4n) is 4.76. The molecule has 1 N–H and O–H groups in total. The van der Waals surface area contributed by atoms with Crippen LogP contribution in [0.4, 0.5) is 0 Å². The number of carbonyl (C=O) groups is 1. The van der Waals surface area contributed by atoms with E-state index in [0.29, 0.717) is 0 Å². The zero-order valence-corrected chi connectivity index (χ0v) is 15.3. The highest BCUT2D eigenvalue weighted by atomic mass is 16.6. The van der Waals surface area contributed by atoms with Crippen molar-refractivity contribution in [3.05, 3.63) is 41.5 Å². The minimum Gasteiger partial charge on any atom is -0.348 e. The minimum atomic E-state index is -0.280. The fourth-order valence-corrected chi connectivity index (χ4v) is 4.76. The van der Waals surface area contributed by atoms with Crippen molar-refractivity contribution in [1.29, 1.82) is 0 Å². The molecule has 2 aliphatic heterocycles. The van der Waals surface area contributed by atoms with Crippen LogP contribution in [0.15, 0.2) is 29.2 Å². The molecule has 0 aliphatic carbocycles. The second-order valence-corrected chi connectivity index (χ2v) is 7.51. The van der Waals surface area contributed by atoms with Gasteiger partial charge in [-0.2, -0.15) is 0 Å². The van der Waals surface area contributed by atoms with Crippen LogP contribution in [0.2, 0.25) is 0 Å². The van der Waals surface area contributed by atoms with Crippen LogP contribution in [0.5, 0.6) is 0 Å². The normalized spacial score (nSPS) is 19.5. The van der Waals surface area contributed by atoms with Gasteiger partial charge in [-0.15, -0.1) is 0 Å². The van der Waals surface area contributed by atoms with Gasteiger partial charge in [-0.25, -0.2) is 9.61 Å². The molecule has 8 heteroatoms. The maximum absolute atomic E-state index is 12.3. The number of H-pyrrole nitrogens is 1. The maximum atomic E-state index is 12.3. The van der Waals surface area contributed by atoms with Gasteiger partial charge in [0.05, 0.1) is 17.6 Å². The largest absolute Gasteiger partial charge is 0.348 e. The predicted molar refractivity (Wildman–Crippen MR) is 97.7 cm³/mol. The first kappa shape index (κ1) is 16.4. The predicted octanol–water partition coefficient (Wildman–Crippen LogP) is 1.84. The second kappa shape index (κ2) is 6.16. The zero-order valence-electron chi connectivity index (χ0n) is 15.3. The quantitative estimate of drug-likeness (QED) is 0.744. The molecule has 4 heterocycles. The lowest BCUT2D eigenvalue weighted by atomic mass is 9.78. The number of fused-ring (bicyclic) bond motifs is 3. The summed E-state index contributed by atoms with van der Waals surface area (Å²) in [5.74, 6) is 0.135. The van der Waals surface area contributed by atoms with Gasteiger partial charge in [-0.05, 0) is 34.8 Å². The van der Waals surface area contributed by atoms with Crippen LogP contribution in [0, 0.1) is 0 Å². The fraction of sp³-hybridized carbons (Fsp3) is 0.474. The van der Waals surface area contributed by atoms with Crippen molar-refractivity contribution >= 4 is 16.9 Å². The van der Waals surface area contributed by atoms with Gasteiger partial charge in [0.2, 0.25) is 5.91 Å². The van der Waals surface area contributed by atoms with Crippen LogP contribution in [0.3, 0.4) is 0 Å². The van der Waals surface area contributed by atoms with Gasteiger partial charge in [0.1, 0.15) is 11.0 Å². The monoisotopic (exact) mass is 366 g/mol. The number of likely N-dealkylation sites (tertiary alicyclic amines) is 1. The number of imidazole rings is 1. The molecular formula is C19H22N6O2. The summed E-state index contributed by atoms with van der Waals surface area (Å²) in [5, 5.41) is 7.97. The third-order valence-corrected chi connectivity index (χ3v) is 6.09. The van der Waals surface area contributed by atoms with E-state index in [0.717, 1.165) is 67.7 Å². The van der Waals surface area contributed by atoms with E-state index >= 15 is 0 Å². The van der Waals surface area contributed by atoms with Crippen LogP contribution in [0.25, 0.3) is 11.0 Å². The molecule has 0 saturated carbocycles. The number of hydrogen-bond acceptors (Lipinski definition) is 6. The molecular weight excluding hydrogens is 344 g/mol. The van der Waals surface area contributed by atoms with Crippen LogP contribution < -0.4 is 0 Å². The van der Waals surface area contributed by atoms with Crippen molar-refractivity contribution in [3.63, 3.8) is 0 Å². The average molecular weight is 366 g/mol. The second-order valence-electron chi connectivity index (χ2n) is 7.51. The lowest BCUT2D eigenvalue weighted by molar-refractivity contribution is -0.139. The SMILES string of the molecule is CC(=O)N1CCc2[nH]cnc2C12CCN(Cc1cccc3nonc13)CC2. The van der Waals surface area contributed by atoms with Gasteiger partial charge in [0, 0.05) is 45.2 Å². The van der Waals surface area contributed by atoms with Crippen molar-refractivity contribution in [2.75, 3.05) is 19.6 Å². The summed E-state index contributed by atoms with van der Waals surface area (Å²) in [6, 6.07) is 5.97. The van der Waals surface area contributed by atoms with E-state index in [4.69, 9.17) is 4.63 Å². The minimum absolute atomic E-state index is 0.135. The van der Waals surface area contributed by atoms with E-state index in [9.17, 15) is 4.79 Å². The van der Waals surface area contributed by atoms with Gasteiger partial charge in [-0.1, -0.05) is 12.1 Å². The molecule has 27 heavy (non-hydrogen) atoms. The van der Waals surface area contributed by atoms with Crippen molar-refractivity contribution in [2.45, 2.75) is 38.3 Å². The highest BCUT2D eigenvalue weighted by Gasteiger charge is 2.47. The van der Waals surface area contributed by atoms with E-state index in [1.54, 1.807) is 13.3 Å². The lowest BCUT2D eigenvalue weighted by Crippen LogP contribution is -2.57. The summed E-state index contributed by atoms with van der Waals surface area (Å²) in [4.78, 5) is 24.7. The molecule has 0 bridgehead atoms. The Kier molecular flexibility index (Phi) is 3.75. The van der Waals surface area contributed by atoms with Crippen molar-refractivity contribution in [3.8, 4) is 0 Å². The standard InChI is InChI=1S/C19H22N6O2/c1-13(26)25-8-5-16-18(21-12-20-16)19(25)6-9-24(10-7-19)11-14-3-2-4-15-17(14)23-27-22-15/h2-4,12H,5-11H2,1H3,(H,20,21). The molecule has 3 aromatic rings. The van der Waals surface area contributed by atoms with Crippen LogP contribution in [-0.2, 0) is 23.3 Å². The summed E-state index contributed by atoms with van der Waals surface area (Å²) < 4.78 is 4.88. The molecule has 1 spiro atoms. The van der Waals surface area contributed by atoms with E-state index in [1.807, 2.05) is 17.0 Å². The van der Waals surface area contributed by atoms with Gasteiger partial charge >= 0.3 is 0 Å². The summed E-state index contributed by atoms with van der Waals surface area (Å²) in [6.45, 7) is 5.03. The molecule has 2 aromatic heterocycles. The Labute approximate surface area is 156 Å². The highest BCUT2D eigenvalue weighted by Crippen LogP contribution is 2.42. The number of aromatic amines is 1. The van der Waals surface area contributed by atoms with Crippen molar-refractivity contribution < 1.29 is 9.42 Å². The first-order chi connectivity index (χ1) is 13.2. The topological polar surface area (TPSA) is 91.2 Å². The Morgan fingerprint density at radius 3 is 2.93 bits per heavy atom. The number of nitrogens with zero attached hydrogens (tertiary/aromatic N) is 5. The van der Waals surface area contributed by atoms with Crippen molar-refractivity contribution in [2.24, 2.45) is 0 Å². The molecule has 5 rings (SSSR count). The van der Waals surface area contributed by atoms with E-state index in [2.05, 4.69) is 31.2 Å². The molecule has 0 atom stereocenters. The van der Waals surface area contributed by atoms with E-state index in [1.165, 1.54) is 5.69 Å². The van der Waals surface area contributed by atoms with Crippen LogP contribution in [0.1, 0.15) is 36.7 Å². The lowest BCUT2D eigenvalue weighted by Gasteiger charge is -2.50. The number of piperidine rings is 1. The number of hydrogen-bond donors (Lipinski definition) is 1. The summed E-state index contributed by atoms with van der Waals surface area (Å²) in [6.07, 6.45) is 4.39. The Morgan fingerprint density at radius 1 is 1.26 bits per heavy atom. The van der Waals surface area contributed by atoms with Crippen LogP contribution in [-0.4, -0.2) is 55.6 Å². The first-order valence-corrected chi connectivity index (χ1v) is 9.41. The van der Waals surface area contributed by atoms with Gasteiger partial charge in [0.15, 0.2) is 0 Å². The molecule has 1 aromatic carbocycles. The Hall–Kier alpha value is -2.74. The van der Waals surface area contributed by atoms with Crippen molar-refractivity contribution in [1.82, 2.24) is 30.1 Å². The van der Waals surface area contributed by atoms with Gasteiger partial charge < -0.3 is 9.88 Å². The zero-order chi connectivity index (χ0) is 18.4. The Bertz CT molecular complexity index is 985. The van der Waals surface area contributed by atoms with E-state index in [-0.39, 0.29) is 11.4 Å². The average Bonchev–Trinajstić information content (AvgIpc) is 3.33. The molecule has 1 fully saturated rings. The Morgan fingerprint density at radius 2 is 2.11 bits per heavy atom. The van der Waals surface area contributed by atoms with Crippen LogP contribution >= 0.6 is 0 Å². The molecule has 2 aliphatic rings. The number of rotatable bonds is 2. The molecule has 1 amide bonds. The molecule has 0 unspecified atom stereocenters.